The van der Waals surface area contributed by atoms with Gasteiger partial charge in [-0.3, -0.25) is 9.36 Å². The summed E-state index contributed by atoms with van der Waals surface area (Å²) in [7, 11) is 1.59. The van der Waals surface area contributed by atoms with Crippen molar-refractivity contribution in [3.63, 3.8) is 0 Å². The number of benzene rings is 4. The van der Waals surface area contributed by atoms with Gasteiger partial charge in [-0.1, -0.05) is 81.9 Å². The van der Waals surface area contributed by atoms with E-state index in [-0.39, 0.29) is 12.2 Å². The zero-order valence-corrected chi connectivity index (χ0v) is 28.8. The first-order valence-electron chi connectivity index (χ1n) is 15.2. The van der Waals surface area contributed by atoms with E-state index in [9.17, 15) is 9.59 Å². The lowest BCUT2D eigenvalue weighted by Crippen LogP contribution is -2.39. The van der Waals surface area contributed by atoms with E-state index in [2.05, 4.69) is 39.1 Å². The van der Waals surface area contributed by atoms with Gasteiger partial charge in [-0.2, -0.15) is 0 Å². The monoisotopic (exact) mass is 712 g/mol. The summed E-state index contributed by atoms with van der Waals surface area (Å²) in [5.41, 5.74) is 3.09. The van der Waals surface area contributed by atoms with Crippen LogP contribution in [0, 0.1) is 0 Å². The Morgan fingerprint density at radius 3 is 2.49 bits per heavy atom. The van der Waals surface area contributed by atoms with Gasteiger partial charge in [-0.25, -0.2) is 9.79 Å². The highest BCUT2D eigenvalue weighted by Crippen LogP contribution is 2.35. The molecule has 0 unspecified atom stereocenters. The van der Waals surface area contributed by atoms with Crippen molar-refractivity contribution in [3.8, 4) is 17.2 Å². The number of hydrogen-bond donors (Lipinski definition) is 0. The molecule has 0 spiro atoms. The Balaban J connectivity index is 1.39. The summed E-state index contributed by atoms with van der Waals surface area (Å²) in [5, 5.41) is 2.28. The number of carbonyl (C=O) groups excluding carboxylic acids is 1. The number of esters is 1. The first-order chi connectivity index (χ1) is 22.8. The fraction of sp³-hybridized carbons (Fsp3) is 0.216. The molecule has 6 rings (SSSR count). The normalized spacial score (nSPS) is 14.5. The van der Waals surface area contributed by atoms with Gasteiger partial charge in [0.1, 0.15) is 12.4 Å². The van der Waals surface area contributed by atoms with Crippen molar-refractivity contribution >= 4 is 50.1 Å². The average Bonchev–Trinajstić information content (AvgIpc) is 3.38. The number of halogens is 1. The number of methoxy groups -OCH3 is 1. The maximum atomic E-state index is 14.1. The molecule has 1 aliphatic heterocycles. The molecule has 4 aromatic carbocycles. The topological polar surface area (TPSA) is 88.4 Å². The van der Waals surface area contributed by atoms with Gasteiger partial charge in [0.25, 0.3) is 5.56 Å². The van der Waals surface area contributed by atoms with Crippen LogP contribution in [-0.4, -0.2) is 30.9 Å². The molecule has 0 radical (unpaired) electrons. The minimum atomic E-state index is -0.717. The minimum Gasteiger partial charge on any atom is -0.494 e. The number of ether oxygens (including phenoxy) is 4. The molecule has 10 heteroatoms. The van der Waals surface area contributed by atoms with Crippen LogP contribution in [0.15, 0.2) is 104 Å². The lowest BCUT2D eigenvalue weighted by atomic mass is 9.96. The molecule has 0 aliphatic carbocycles. The standard InChI is InChI=1S/C37H33BrN2O6S/c1-5-44-27-16-14-24(15-17-27)34-33(36(42)45-6-2)22(3)39-37-40(34)35(41)32(47-37)19-26-18-30(43-4)31(20-29(26)38)46-21-25-12-9-11-23-10-7-8-13-28(23)25/h7-20,34H,5-6,21H2,1-4H3/b32-19+/t34-/m0/s1. The van der Waals surface area contributed by atoms with Crippen LogP contribution in [0.1, 0.15) is 43.5 Å². The third-order valence-corrected chi connectivity index (χ3v) is 9.53. The molecule has 0 N–H and O–H groups in total. The van der Waals surface area contributed by atoms with Gasteiger partial charge in [0.15, 0.2) is 16.3 Å². The number of carbonyl (C=O) groups is 1. The van der Waals surface area contributed by atoms with E-state index in [4.69, 9.17) is 18.9 Å². The lowest BCUT2D eigenvalue weighted by Gasteiger charge is -2.24. The van der Waals surface area contributed by atoms with Crippen molar-refractivity contribution < 1.29 is 23.7 Å². The van der Waals surface area contributed by atoms with Crippen molar-refractivity contribution in [2.45, 2.75) is 33.4 Å². The van der Waals surface area contributed by atoms with Crippen LogP contribution < -0.4 is 29.1 Å². The number of hydrogen-bond acceptors (Lipinski definition) is 8. The number of thiazole rings is 1. The first-order valence-corrected chi connectivity index (χ1v) is 16.8. The highest BCUT2D eigenvalue weighted by Gasteiger charge is 2.33. The van der Waals surface area contributed by atoms with Gasteiger partial charge < -0.3 is 18.9 Å². The molecule has 1 aliphatic rings. The second-order valence-electron chi connectivity index (χ2n) is 10.8. The van der Waals surface area contributed by atoms with Crippen LogP contribution in [0.5, 0.6) is 17.2 Å². The molecule has 240 valence electrons. The molecule has 0 saturated heterocycles. The molecular formula is C37H33BrN2O6S. The SMILES string of the molecule is CCOC(=O)C1=C(C)N=c2s/c(=C/c3cc(OC)c(OCc4cccc5ccccc45)cc3Br)c(=O)n2[C@H]1c1ccc(OCC)cc1. The van der Waals surface area contributed by atoms with Crippen LogP contribution in [0.4, 0.5) is 0 Å². The highest BCUT2D eigenvalue weighted by molar-refractivity contribution is 9.10. The lowest BCUT2D eigenvalue weighted by molar-refractivity contribution is -0.139. The van der Waals surface area contributed by atoms with E-state index < -0.39 is 12.0 Å². The number of nitrogens with zero attached hydrogens (tertiary/aromatic N) is 2. The Bertz CT molecular complexity index is 2180. The van der Waals surface area contributed by atoms with Crippen LogP contribution in [0.2, 0.25) is 0 Å². The predicted molar refractivity (Wildman–Crippen MR) is 187 cm³/mol. The van der Waals surface area contributed by atoms with Crippen LogP contribution >= 0.6 is 27.3 Å². The summed E-state index contributed by atoms with van der Waals surface area (Å²) in [6, 6.07) is 24.7. The molecule has 0 amide bonds. The molecule has 1 aromatic heterocycles. The van der Waals surface area contributed by atoms with Gasteiger partial charge in [-0.05, 0) is 78.6 Å². The summed E-state index contributed by atoms with van der Waals surface area (Å²) in [5.74, 6) is 1.29. The third kappa shape index (κ3) is 6.48. The van der Waals surface area contributed by atoms with Crippen LogP contribution in [0.25, 0.3) is 16.8 Å². The van der Waals surface area contributed by atoms with Crippen molar-refractivity contribution in [1.82, 2.24) is 4.57 Å². The second kappa shape index (κ2) is 14.0. The van der Waals surface area contributed by atoms with Gasteiger partial charge in [0.05, 0.1) is 42.2 Å². The molecule has 0 saturated carbocycles. The molecule has 1 atom stereocenters. The molecular weight excluding hydrogens is 680 g/mol. The Morgan fingerprint density at radius 2 is 1.74 bits per heavy atom. The molecule has 47 heavy (non-hydrogen) atoms. The minimum absolute atomic E-state index is 0.202. The van der Waals surface area contributed by atoms with E-state index in [1.807, 2.05) is 67.6 Å². The summed E-state index contributed by atoms with van der Waals surface area (Å²) < 4.78 is 25.7. The molecule has 5 aromatic rings. The molecule has 0 bridgehead atoms. The van der Waals surface area contributed by atoms with E-state index in [1.165, 1.54) is 11.3 Å². The van der Waals surface area contributed by atoms with Gasteiger partial charge >= 0.3 is 5.97 Å². The maximum absolute atomic E-state index is 14.1. The summed E-state index contributed by atoms with van der Waals surface area (Å²) >= 11 is 4.93. The average molecular weight is 714 g/mol. The van der Waals surface area contributed by atoms with Crippen molar-refractivity contribution in [2.75, 3.05) is 20.3 Å². The smallest absolute Gasteiger partial charge is 0.338 e. The Labute approximate surface area is 284 Å². The summed E-state index contributed by atoms with van der Waals surface area (Å²) in [6.07, 6.45) is 1.80. The zero-order chi connectivity index (χ0) is 33.1. The fourth-order valence-corrected chi connectivity index (χ4v) is 7.14. The van der Waals surface area contributed by atoms with Gasteiger partial charge in [0, 0.05) is 4.47 Å². The summed E-state index contributed by atoms with van der Waals surface area (Å²) in [6.45, 7) is 6.52. The number of allylic oxidation sites excluding steroid dienone is 1. The molecule has 8 nitrogen and oxygen atoms in total. The Kier molecular flexibility index (Phi) is 9.60. The Hall–Kier alpha value is -4.67. The molecule has 0 fully saturated rings. The van der Waals surface area contributed by atoms with Crippen molar-refractivity contribution in [3.05, 3.63) is 131 Å². The quantitative estimate of drug-likeness (QED) is 0.150. The third-order valence-electron chi connectivity index (χ3n) is 7.86. The van der Waals surface area contributed by atoms with E-state index in [0.29, 0.717) is 51.1 Å². The van der Waals surface area contributed by atoms with E-state index in [0.717, 1.165) is 31.9 Å². The highest BCUT2D eigenvalue weighted by atomic mass is 79.9. The van der Waals surface area contributed by atoms with Crippen molar-refractivity contribution in [1.29, 1.82) is 0 Å². The predicted octanol–water partition coefficient (Wildman–Crippen LogP) is 6.70. The number of aromatic nitrogens is 1. The maximum Gasteiger partial charge on any atom is 0.338 e. The van der Waals surface area contributed by atoms with Gasteiger partial charge in [0.2, 0.25) is 0 Å². The van der Waals surface area contributed by atoms with Crippen LogP contribution in [-0.2, 0) is 16.1 Å². The van der Waals surface area contributed by atoms with E-state index >= 15 is 0 Å². The second-order valence-corrected chi connectivity index (χ2v) is 12.6. The molecule has 2 heterocycles. The number of rotatable bonds is 10. The van der Waals surface area contributed by atoms with Crippen LogP contribution in [0.3, 0.4) is 0 Å². The largest absolute Gasteiger partial charge is 0.494 e. The zero-order valence-electron chi connectivity index (χ0n) is 26.4. The number of fused-ring (bicyclic) bond motifs is 2. The van der Waals surface area contributed by atoms with Gasteiger partial charge in [-0.15, -0.1) is 0 Å². The first kappa shape index (κ1) is 32.3. The Morgan fingerprint density at radius 1 is 0.979 bits per heavy atom. The van der Waals surface area contributed by atoms with Crippen molar-refractivity contribution in [2.24, 2.45) is 4.99 Å². The summed E-state index contributed by atoms with van der Waals surface area (Å²) in [4.78, 5) is 32.5. The fourth-order valence-electron chi connectivity index (χ4n) is 5.67. The van der Waals surface area contributed by atoms with E-state index in [1.54, 1.807) is 31.6 Å².